The second-order valence-corrected chi connectivity index (χ2v) is 7.61. The van der Waals surface area contributed by atoms with E-state index in [1.165, 1.54) is 22.8 Å². The Hall–Kier alpha value is -2.30. The Balaban J connectivity index is 1.64. The van der Waals surface area contributed by atoms with Crippen LogP contribution in [-0.4, -0.2) is 41.7 Å². The highest BCUT2D eigenvalue weighted by Crippen LogP contribution is 2.24. The molecule has 25 heavy (non-hydrogen) atoms. The van der Waals surface area contributed by atoms with Crippen LogP contribution in [0.2, 0.25) is 0 Å². The van der Waals surface area contributed by atoms with Crippen molar-refractivity contribution in [3.63, 3.8) is 0 Å². The minimum Gasteiger partial charge on any atom is -0.364 e. The Morgan fingerprint density at radius 1 is 1.24 bits per heavy atom. The number of hydrogen-bond acceptors (Lipinski definition) is 5. The molecule has 136 valence electrons. The molecule has 7 nitrogen and oxygen atoms in total. The highest BCUT2D eigenvalue weighted by atomic mass is 32.2. The molecule has 0 saturated carbocycles. The van der Waals surface area contributed by atoms with Gasteiger partial charge in [0.15, 0.2) is 0 Å². The zero-order chi connectivity index (χ0) is 18.1. The highest BCUT2D eigenvalue weighted by Gasteiger charge is 2.29. The first kappa shape index (κ1) is 17.5. The maximum absolute atomic E-state index is 12.5. The van der Waals surface area contributed by atoms with Crippen molar-refractivity contribution in [2.45, 2.75) is 25.7 Å². The molecule has 0 radical (unpaired) electrons. The Morgan fingerprint density at radius 2 is 2.04 bits per heavy atom. The van der Waals surface area contributed by atoms with Gasteiger partial charge in [-0.25, -0.2) is 13.4 Å². The maximum Gasteiger partial charge on any atom is 0.408 e. The van der Waals surface area contributed by atoms with E-state index < -0.39 is 22.7 Å². The summed E-state index contributed by atoms with van der Waals surface area (Å²) in [5.74, 6) is 0.552. The van der Waals surface area contributed by atoms with Crippen LogP contribution in [0.4, 0.5) is 24.7 Å². The molecule has 1 saturated heterocycles. The van der Waals surface area contributed by atoms with Gasteiger partial charge in [-0.15, -0.1) is 0 Å². The zero-order valence-corrected chi connectivity index (χ0v) is 13.9. The normalized spacial score (nSPS) is 17.0. The topological polar surface area (TPSA) is 80.1 Å². The van der Waals surface area contributed by atoms with Crippen molar-refractivity contribution >= 4 is 21.5 Å². The number of rotatable bonds is 5. The Morgan fingerprint density at radius 3 is 2.64 bits per heavy atom. The molecule has 1 aliphatic heterocycles. The number of pyridine rings is 1. The zero-order valence-electron chi connectivity index (χ0n) is 13.1. The third-order valence-corrected chi connectivity index (χ3v) is 5.59. The number of sulfonamides is 1. The van der Waals surface area contributed by atoms with Crippen LogP contribution in [-0.2, 0) is 23.1 Å². The SMILES string of the molecule is O=S1(=O)CCCN1c1ccc(NCc2ccnn2CC(F)(F)F)nc1. The van der Waals surface area contributed by atoms with Gasteiger partial charge < -0.3 is 5.32 Å². The van der Waals surface area contributed by atoms with E-state index in [1.54, 1.807) is 12.1 Å². The van der Waals surface area contributed by atoms with Gasteiger partial charge >= 0.3 is 6.18 Å². The van der Waals surface area contributed by atoms with Gasteiger partial charge in [0.25, 0.3) is 0 Å². The molecule has 0 spiro atoms. The lowest BCUT2D eigenvalue weighted by atomic mass is 10.3. The number of anilines is 2. The summed E-state index contributed by atoms with van der Waals surface area (Å²) in [5, 5.41) is 6.56. The van der Waals surface area contributed by atoms with Crippen LogP contribution in [0, 0.1) is 0 Å². The van der Waals surface area contributed by atoms with Crippen LogP contribution in [0.1, 0.15) is 12.1 Å². The monoisotopic (exact) mass is 375 g/mol. The lowest BCUT2D eigenvalue weighted by molar-refractivity contribution is -0.143. The number of aromatic nitrogens is 3. The number of alkyl halides is 3. The van der Waals surface area contributed by atoms with Crippen molar-refractivity contribution in [2.75, 3.05) is 21.9 Å². The number of nitrogens with one attached hydrogen (secondary N) is 1. The minimum absolute atomic E-state index is 0.116. The fraction of sp³-hybridized carbons (Fsp3) is 0.429. The van der Waals surface area contributed by atoms with E-state index >= 15 is 0 Å². The summed E-state index contributed by atoms with van der Waals surface area (Å²) >= 11 is 0. The number of hydrogen-bond donors (Lipinski definition) is 1. The summed E-state index contributed by atoms with van der Waals surface area (Å²) in [7, 11) is -3.27. The third-order valence-electron chi connectivity index (χ3n) is 3.72. The van der Waals surface area contributed by atoms with Crippen LogP contribution in [0.5, 0.6) is 0 Å². The van der Waals surface area contributed by atoms with E-state index in [4.69, 9.17) is 0 Å². The average Bonchev–Trinajstić information content (AvgIpc) is 3.10. The molecule has 0 aliphatic carbocycles. The molecule has 1 N–H and O–H groups in total. The smallest absolute Gasteiger partial charge is 0.364 e. The van der Waals surface area contributed by atoms with Crippen molar-refractivity contribution in [1.29, 1.82) is 0 Å². The van der Waals surface area contributed by atoms with Gasteiger partial charge in [-0.05, 0) is 24.6 Å². The lowest BCUT2D eigenvalue weighted by Gasteiger charge is -2.16. The van der Waals surface area contributed by atoms with Crippen LogP contribution >= 0.6 is 0 Å². The van der Waals surface area contributed by atoms with Gasteiger partial charge in [-0.2, -0.15) is 18.3 Å². The molecule has 0 unspecified atom stereocenters. The van der Waals surface area contributed by atoms with Crippen molar-refractivity contribution in [1.82, 2.24) is 14.8 Å². The summed E-state index contributed by atoms with van der Waals surface area (Å²) in [5.41, 5.74) is 0.843. The molecule has 2 aromatic rings. The predicted octanol–water partition coefficient (Wildman–Crippen LogP) is 1.99. The molecule has 2 aromatic heterocycles. The fourth-order valence-electron chi connectivity index (χ4n) is 2.57. The van der Waals surface area contributed by atoms with Crippen LogP contribution in [0.3, 0.4) is 0 Å². The summed E-state index contributed by atoms with van der Waals surface area (Å²) in [6, 6.07) is 4.70. The standard InChI is InChI=1S/C14H16F3N5O2S/c15-14(16,17)10-21-11(4-5-20-21)8-18-13-3-2-12(9-19-13)22-6-1-7-25(22,23)24/h2-5,9H,1,6-8,10H2,(H,18,19). The van der Waals surface area contributed by atoms with Gasteiger partial charge in [0.2, 0.25) is 10.0 Å². The van der Waals surface area contributed by atoms with Crippen LogP contribution < -0.4 is 9.62 Å². The number of nitrogens with zero attached hydrogens (tertiary/aromatic N) is 4. The van der Waals surface area contributed by atoms with Gasteiger partial charge in [-0.1, -0.05) is 0 Å². The molecule has 3 rings (SSSR count). The summed E-state index contributed by atoms with van der Waals surface area (Å²) in [4.78, 5) is 4.12. The molecule has 0 bridgehead atoms. The Bertz CT molecular complexity index is 833. The van der Waals surface area contributed by atoms with Crippen molar-refractivity contribution in [3.8, 4) is 0 Å². The van der Waals surface area contributed by atoms with Crippen molar-refractivity contribution in [2.24, 2.45) is 0 Å². The first-order valence-corrected chi connectivity index (χ1v) is 9.13. The summed E-state index contributed by atoms with van der Waals surface area (Å²) < 4.78 is 63.3. The van der Waals surface area contributed by atoms with E-state index in [0.29, 0.717) is 30.2 Å². The van der Waals surface area contributed by atoms with E-state index in [9.17, 15) is 21.6 Å². The van der Waals surface area contributed by atoms with Crippen LogP contribution in [0.25, 0.3) is 0 Å². The van der Waals surface area contributed by atoms with E-state index in [1.807, 2.05) is 0 Å². The molecule has 1 fully saturated rings. The second kappa shape index (κ2) is 6.54. The van der Waals surface area contributed by atoms with E-state index in [-0.39, 0.29) is 12.3 Å². The third kappa shape index (κ3) is 4.21. The van der Waals surface area contributed by atoms with Gasteiger partial charge in [-0.3, -0.25) is 8.99 Å². The highest BCUT2D eigenvalue weighted by molar-refractivity contribution is 7.93. The van der Waals surface area contributed by atoms with Gasteiger partial charge in [0.05, 0.1) is 29.9 Å². The Labute approximate surface area is 142 Å². The first-order chi connectivity index (χ1) is 11.7. The first-order valence-electron chi connectivity index (χ1n) is 7.52. The molecule has 0 aromatic carbocycles. The minimum atomic E-state index is -4.35. The van der Waals surface area contributed by atoms with Crippen molar-refractivity contribution < 1.29 is 21.6 Å². The van der Waals surface area contributed by atoms with Crippen molar-refractivity contribution in [3.05, 3.63) is 36.3 Å². The average molecular weight is 375 g/mol. The molecular weight excluding hydrogens is 359 g/mol. The molecule has 11 heteroatoms. The largest absolute Gasteiger partial charge is 0.408 e. The van der Waals surface area contributed by atoms with Gasteiger partial charge in [0.1, 0.15) is 12.4 Å². The summed E-state index contributed by atoms with van der Waals surface area (Å²) in [6.07, 6.45) is -1.04. The van der Waals surface area contributed by atoms with E-state index in [2.05, 4.69) is 15.4 Å². The molecule has 0 atom stereocenters. The molecule has 1 aliphatic rings. The molecular formula is C14H16F3N5O2S. The lowest BCUT2D eigenvalue weighted by Crippen LogP contribution is -2.25. The Kier molecular flexibility index (Phi) is 4.58. The molecule has 3 heterocycles. The maximum atomic E-state index is 12.5. The van der Waals surface area contributed by atoms with Gasteiger partial charge in [0, 0.05) is 12.7 Å². The number of halogens is 3. The van der Waals surface area contributed by atoms with E-state index in [0.717, 1.165) is 4.68 Å². The predicted molar refractivity (Wildman–Crippen MR) is 85.6 cm³/mol. The van der Waals surface area contributed by atoms with Crippen LogP contribution in [0.15, 0.2) is 30.6 Å². The summed E-state index contributed by atoms with van der Waals surface area (Å²) in [6.45, 7) is -0.617. The fourth-order valence-corrected chi connectivity index (χ4v) is 4.12. The molecule has 0 amide bonds. The second-order valence-electron chi connectivity index (χ2n) is 5.59. The quantitative estimate of drug-likeness (QED) is 0.865.